The molecule has 0 spiro atoms. The first kappa shape index (κ1) is 27.9. The monoisotopic (exact) mass is 599 g/mol. The second kappa shape index (κ2) is 13.6. The van der Waals surface area contributed by atoms with E-state index in [4.69, 9.17) is 9.47 Å². The third-order valence-corrected chi connectivity index (χ3v) is 5.80. The molecule has 0 heterocycles. The maximum absolute atomic E-state index is 12.7. The van der Waals surface area contributed by atoms with E-state index in [2.05, 4.69) is 31.8 Å². The molecule has 0 atom stereocenters. The Hall–Kier alpha value is -5.09. The van der Waals surface area contributed by atoms with E-state index in [1.165, 1.54) is 24.4 Å². The number of hydrazone groups is 1. The standard InChI is InChI=1S/C30H22BrN3O6/c31-24-13-7-12-22(16-24)28(36)32-19-27(35)34-33-18-23-14-15-25(39-29(37)20-8-3-1-4-9-20)17-26(23)40-30(38)21-10-5-2-6-11-21/h1-18H,19H2,(H,32,36)(H,34,35)/b33-18+. The van der Waals surface area contributed by atoms with Gasteiger partial charge >= 0.3 is 11.9 Å². The minimum Gasteiger partial charge on any atom is -0.423 e. The Morgan fingerprint density at radius 1 is 0.725 bits per heavy atom. The van der Waals surface area contributed by atoms with Crippen molar-refractivity contribution in [1.29, 1.82) is 0 Å². The third-order valence-electron chi connectivity index (χ3n) is 5.31. The Morgan fingerprint density at radius 2 is 1.35 bits per heavy atom. The number of ether oxygens (including phenoxy) is 2. The molecule has 0 saturated carbocycles. The first-order chi connectivity index (χ1) is 19.4. The number of nitrogens with one attached hydrogen (secondary N) is 2. The van der Waals surface area contributed by atoms with E-state index >= 15 is 0 Å². The topological polar surface area (TPSA) is 123 Å². The molecule has 0 aromatic heterocycles. The Balaban J connectivity index is 1.44. The van der Waals surface area contributed by atoms with Crippen LogP contribution in [0, 0.1) is 0 Å². The van der Waals surface area contributed by atoms with Gasteiger partial charge in [0.05, 0.1) is 23.9 Å². The van der Waals surface area contributed by atoms with Gasteiger partial charge in [0.1, 0.15) is 11.5 Å². The van der Waals surface area contributed by atoms with Crippen LogP contribution in [-0.4, -0.2) is 36.5 Å². The summed E-state index contributed by atoms with van der Waals surface area (Å²) < 4.78 is 11.7. The molecule has 4 rings (SSSR count). The van der Waals surface area contributed by atoms with Gasteiger partial charge in [0, 0.05) is 21.7 Å². The number of esters is 2. The number of amides is 2. The van der Waals surface area contributed by atoms with Crippen LogP contribution in [0.1, 0.15) is 36.6 Å². The van der Waals surface area contributed by atoms with Gasteiger partial charge < -0.3 is 14.8 Å². The van der Waals surface area contributed by atoms with E-state index in [9.17, 15) is 19.2 Å². The maximum atomic E-state index is 12.7. The van der Waals surface area contributed by atoms with Crippen molar-refractivity contribution in [2.45, 2.75) is 0 Å². The fraction of sp³-hybridized carbons (Fsp3) is 0.0333. The van der Waals surface area contributed by atoms with Crippen LogP contribution in [-0.2, 0) is 4.79 Å². The Kier molecular flexibility index (Phi) is 9.52. The van der Waals surface area contributed by atoms with Crippen LogP contribution in [0.25, 0.3) is 0 Å². The van der Waals surface area contributed by atoms with Crippen molar-refractivity contribution < 1.29 is 28.7 Å². The van der Waals surface area contributed by atoms with Crippen LogP contribution in [0.3, 0.4) is 0 Å². The minimum atomic E-state index is -0.638. The number of carbonyl (C=O) groups is 4. The summed E-state index contributed by atoms with van der Waals surface area (Å²) in [6.45, 7) is -0.313. The summed E-state index contributed by atoms with van der Waals surface area (Å²) in [6.07, 6.45) is 1.27. The molecule has 0 saturated heterocycles. The lowest BCUT2D eigenvalue weighted by Crippen LogP contribution is -2.34. The summed E-state index contributed by atoms with van der Waals surface area (Å²) in [5.41, 5.74) is 3.69. The first-order valence-electron chi connectivity index (χ1n) is 11.9. The average Bonchev–Trinajstić information content (AvgIpc) is 2.98. The van der Waals surface area contributed by atoms with Crippen LogP contribution in [0.2, 0.25) is 0 Å². The molecule has 9 nitrogen and oxygen atoms in total. The lowest BCUT2D eigenvalue weighted by Gasteiger charge is -2.10. The molecule has 0 aliphatic heterocycles. The molecule has 0 fully saturated rings. The maximum Gasteiger partial charge on any atom is 0.343 e. The summed E-state index contributed by atoms with van der Waals surface area (Å²) in [6, 6.07) is 27.9. The van der Waals surface area contributed by atoms with Crippen molar-refractivity contribution in [1.82, 2.24) is 10.7 Å². The van der Waals surface area contributed by atoms with Gasteiger partial charge in [-0.3, -0.25) is 9.59 Å². The van der Waals surface area contributed by atoms with Crippen LogP contribution in [0.5, 0.6) is 11.5 Å². The summed E-state index contributed by atoms with van der Waals surface area (Å²) in [5.74, 6) is -2.03. The number of halogens is 1. The zero-order valence-corrected chi connectivity index (χ0v) is 22.5. The van der Waals surface area contributed by atoms with Crippen molar-refractivity contribution >= 4 is 45.9 Å². The van der Waals surface area contributed by atoms with Gasteiger partial charge in [0.25, 0.3) is 11.8 Å². The van der Waals surface area contributed by atoms with E-state index in [1.807, 2.05) is 0 Å². The zero-order valence-electron chi connectivity index (χ0n) is 20.9. The second-order valence-electron chi connectivity index (χ2n) is 8.20. The molecular weight excluding hydrogens is 578 g/mol. The van der Waals surface area contributed by atoms with E-state index in [0.717, 1.165) is 4.47 Å². The summed E-state index contributed by atoms with van der Waals surface area (Å²) in [5, 5.41) is 6.41. The lowest BCUT2D eigenvalue weighted by molar-refractivity contribution is -0.120. The lowest BCUT2D eigenvalue weighted by atomic mass is 10.2. The highest BCUT2D eigenvalue weighted by Gasteiger charge is 2.15. The van der Waals surface area contributed by atoms with Gasteiger partial charge in [-0.1, -0.05) is 58.4 Å². The molecule has 200 valence electrons. The molecule has 4 aromatic rings. The molecule has 0 bridgehead atoms. The Morgan fingerprint density at radius 3 is 2.00 bits per heavy atom. The quantitative estimate of drug-likeness (QED) is 0.124. The molecule has 10 heteroatoms. The summed E-state index contributed by atoms with van der Waals surface area (Å²) >= 11 is 3.29. The highest BCUT2D eigenvalue weighted by Crippen LogP contribution is 2.26. The molecule has 2 amide bonds. The van der Waals surface area contributed by atoms with E-state index in [1.54, 1.807) is 84.9 Å². The van der Waals surface area contributed by atoms with Crippen molar-refractivity contribution in [2.24, 2.45) is 5.10 Å². The fourth-order valence-corrected chi connectivity index (χ4v) is 3.75. The van der Waals surface area contributed by atoms with Crippen molar-refractivity contribution in [3.63, 3.8) is 0 Å². The van der Waals surface area contributed by atoms with E-state index in [0.29, 0.717) is 22.3 Å². The second-order valence-corrected chi connectivity index (χ2v) is 9.11. The summed E-state index contributed by atoms with van der Waals surface area (Å²) in [4.78, 5) is 49.6. The average molecular weight is 600 g/mol. The zero-order chi connectivity index (χ0) is 28.3. The Bertz CT molecular complexity index is 1560. The molecule has 0 aliphatic carbocycles. The van der Waals surface area contributed by atoms with Gasteiger partial charge in [-0.2, -0.15) is 5.10 Å². The normalized spacial score (nSPS) is 10.5. The molecular formula is C30H22BrN3O6. The highest BCUT2D eigenvalue weighted by atomic mass is 79.9. The van der Waals surface area contributed by atoms with Crippen LogP contribution in [0.15, 0.2) is 113 Å². The number of nitrogens with zero attached hydrogens (tertiary/aromatic N) is 1. The van der Waals surface area contributed by atoms with Crippen LogP contribution in [0.4, 0.5) is 0 Å². The molecule has 0 radical (unpaired) electrons. The molecule has 4 aromatic carbocycles. The first-order valence-corrected chi connectivity index (χ1v) is 12.7. The molecule has 0 unspecified atom stereocenters. The van der Waals surface area contributed by atoms with Crippen LogP contribution >= 0.6 is 15.9 Å². The fourth-order valence-electron chi connectivity index (χ4n) is 3.35. The molecule has 0 aliphatic rings. The van der Waals surface area contributed by atoms with Gasteiger partial charge in [-0.15, -0.1) is 0 Å². The summed E-state index contributed by atoms with van der Waals surface area (Å²) in [7, 11) is 0. The number of carbonyl (C=O) groups excluding carboxylic acids is 4. The highest BCUT2D eigenvalue weighted by molar-refractivity contribution is 9.10. The predicted molar refractivity (Wildman–Crippen MR) is 151 cm³/mol. The van der Waals surface area contributed by atoms with E-state index < -0.39 is 23.8 Å². The number of hydrogen-bond donors (Lipinski definition) is 2. The predicted octanol–water partition coefficient (Wildman–Crippen LogP) is 4.77. The number of rotatable bonds is 9. The minimum absolute atomic E-state index is 0.0492. The van der Waals surface area contributed by atoms with E-state index in [-0.39, 0.29) is 18.0 Å². The van der Waals surface area contributed by atoms with Crippen molar-refractivity contribution in [2.75, 3.05) is 6.54 Å². The Labute approximate surface area is 237 Å². The number of hydrogen-bond acceptors (Lipinski definition) is 7. The molecule has 40 heavy (non-hydrogen) atoms. The van der Waals surface area contributed by atoms with Gasteiger partial charge in [-0.05, 0) is 54.6 Å². The van der Waals surface area contributed by atoms with Gasteiger partial charge in [0.15, 0.2) is 0 Å². The SMILES string of the molecule is O=C(CNC(=O)c1cccc(Br)c1)N/N=C/c1ccc(OC(=O)c2ccccc2)cc1OC(=O)c1ccccc1. The smallest absolute Gasteiger partial charge is 0.343 e. The van der Waals surface area contributed by atoms with Gasteiger partial charge in [0.2, 0.25) is 0 Å². The van der Waals surface area contributed by atoms with Gasteiger partial charge in [-0.25, -0.2) is 15.0 Å². The largest absolute Gasteiger partial charge is 0.423 e. The van der Waals surface area contributed by atoms with Crippen molar-refractivity contribution in [3.8, 4) is 11.5 Å². The third kappa shape index (κ3) is 7.95. The van der Waals surface area contributed by atoms with Crippen molar-refractivity contribution in [3.05, 3.63) is 130 Å². The van der Waals surface area contributed by atoms with Crippen LogP contribution < -0.4 is 20.2 Å². The molecule has 2 N–H and O–H groups in total. The number of benzene rings is 4.